The molecular formula is C21H19Br2NO5S. The van der Waals surface area contributed by atoms with Gasteiger partial charge in [-0.05, 0) is 87.3 Å². The number of rotatable bonds is 7. The number of hydrogen-bond acceptors (Lipinski definition) is 6. The summed E-state index contributed by atoms with van der Waals surface area (Å²) >= 11 is 7.57. The Kier molecular flexibility index (Phi) is 7.49. The predicted octanol–water partition coefficient (Wildman–Crippen LogP) is 5.74. The Balaban J connectivity index is 1.74. The number of carbonyl (C=O) groups excluding carboxylic acids is 2. The second kappa shape index (κ2) is 9.89. The number of phenolic OH excluding ortho intramolecular Hbond substituents is 1. The molecule has 2 aromatic carbocycles. The zero-order chi connectivity index (χ0) is 21.8. The van der Waals surface area contributed by atoms with E-state index in [0.29, 0.717) is 26.9 Å². The van der Waals surface area contributed by atoms with Gasteiger partial charge in [-0.2, -0.15) is 0 Å². The number of carbonyl (C=O) groups is 2. The maximum atomic E-state index is 12.7. The summed E-state index contributed by atoms with van der Waals surface area (Å²) in [7, 11) is 0. The monoisotopic (exact) mass is 555 g/mol. The summed E-state index contributed by atoms with van der Waals surface area (Å²) in [6.45, 7) is 4.52. The van der Waals surface area contributed by atoms with E-state index >= 15 is 0 Å². The number of aryl methyl sites for hydroxylation is 1. The largest absolute Gasteiger partial charge is 0.503 e. The lowest BCUT2D eigenvalue weighted by atomic mass is 10.2. The maximum absolute atomic E-state index is 12.7. The van der Waals surface area contributed by atoms with Gasteiger partial charge in [-0.3, -0.25) is 14.5 Å². The molecule has 1 saturated heterocycles. The molecule has 9 heteroatoms. The fraction of sp³-hybridized carbons (Fsp3) is 0.238. The molecule has 158 valence electrons. The average molecular weight is 557 g/mol. The van der Waals surface area contributed by atoms with Gasteiger partial charge in [-0.25, -0.2) is 0 Å². The lowest BCUT2D eigenvalue weighted by molar-refractivity contribution is -0.123. The van der Waals surface area contributed by atoms with E-state index in [-0.39, 0.29) is 40.7 Å². The average Bonchev–Trinajstić information content (AvgIpc) is 2.98. The summed E-state index contributed by atoms with van der Waals surface area (Å²) in [5.41, 5.74) is 1.72. The minimum atomic E-state index is -0.383. The van der Waals surface area contributed by atoms with Crippen LogP contribution >= 0.6 is 43.6 Å². The van der Waals surface area contributed by atoms with Crippen molar-refractivity contribution in [1.82, 2.24) is 4.90 Å². The molecule has 0 aliphatic carbocycles. The van der Waals surface area contributed by atoms with Crippen molar-refractivity contribution in [3.05, 3.63) is 55.3 Å². The van der Waals surface area contributed by atoms with Crippen LogP contribution in [0.3, 0.4) is 0 Å². The minimum absolute atomic E-state index is 0.0396. The highest BCUT2D eigenvalue weighted by atomic mass is 79.9. The quantitative estimate of drug-likeness (QED) is 0.438. The van der Waals surface area contributed by atoms with Crippen molar-refractivity contribution in [2.75, 3.05) is 19.8 Å². The molecule has 1 aliphatic rings. The molecule has 0 saturated carbocycles. The Hall–Kier alpha value is -1.97. The number of amides is 2. The van der Waals surface area contributed by atoms with E-state index < -0.39 is 0 Å². The smallest absolute Gasteiger partial charge is 0.293 e. The van der Waals surface area contributed by atoms with Crippen LogP contribution in [0.1, 0.15) is 18.1 Å². The van der Waals surface area contributed by atoms with Crippen LogP contribution in [0, 0.1) is 6.92 Å². The van der Waals surface area contributed by atoms with Gasteiger partial charge in [0.05, 0.1) is 22.5 Å². The maximum Gasteiger partial charge on any atom is 0.293 e. The van der Waals surface area contributed by atoms with Crippen LogP contribution < -0.4 is 9.47 Å². The van der Waals surface area contributed by atoms with E-state index in [1.54, 1.807) is 19.1 Å². The van der Waals surface area contributed by atoms with E-state index in [9.17, 15) is 14.7 Å². The highest BCUT2D eigenvalue weighted by Gasteiger charge is 2.35. The summed E-state index contributed by atoms with van der Waals surface area (Å²) < 4.78 is 12.0. The number of thioether (sulfide) groups is 1. The molecule has 1 N–H and O–H groups in total. The van der Waals surface area contributed by atoms with Crippen LogP contribution in [0.2, 0.25) is 0 Å². The fourth-order valence-electron chi connectivity index (χ4n) is 2.71. The van der Waals surface area contributed by atoms with Crippen molar-refractivity contribution >= 4 is 60.8 Å². The summed E-state index contributed by atoms with van der Waals surface area (Å²) in [4.78, 5) is 26.5. The topological polar surface area (TPSA) is 76.1 Å². The first-order valence-electron chi connectivity index (χ1n) is 9.10. The van der Waals surface area contributed by atoms with Crippen molar-refractivity contribution in [1.29, 1.82) is 0 Å². The number of hydrogen-bond donors (Lipinski definition) is 1. The van der Waals surface area contributed by atoms with Gasteiger partial charge in [0, 0.05) is 4.47 Å². The summed E-state index contributed by atoms with van der Waals surface area (Å²) in [5.74, 6) is 0.544. The molecule has 2 aromatic rings. The summed E-state index contributed by atoms with van der Waals surface area (Å²) in [5, 5.41) is 9.82. The van der Waals surface area contributed by atoms with Gasteiger partial charge in [0.1, 0.15) is 12.4 Å². The number of halogens is 2. The highest BCUT2D eigenvalue weighted by molar-refractivity contribution is 9.13. The third-order valence-electron chi connectivity index (χ3n) is 4.24. The second-order valence-corrected chi connectivity index (χ2v) is 8.95. The third-order valence-corrected chi connectivity index (χ3v) is 7.30. The molecule has 1 heterocycles. The molecule has 1 fully saturated rings. The van der Waals surface area contributed by atoms with Gasteiger partial charge in [-0.15, -0.1) is 0 Å². The molecule has 0 spiro atoms. The van der Waals surface area contributed by atoms with E-state index in [1.165, 1.54) is 0 Å². The van der Waals surface area contributed by atoms with Crippen molar-refractivity contribution in [2.45, 2.75) is 13.8 Å². The highest BCUT2D eigenvalue weighted by Crippen LogP contribution is 2.43. The Morgan fingerprint density at radius 3 is 2.50 bits per heavy atom. The fourth-order valence-corrected chi connectivity index (χ4v) is 4.40. The first-order chi connectivity index (χ1) is 14.3. The molecule has 3 rings (SSSR count). The molecule has 0 unspecified atom stereocenters. The summed E-state index contributed by atoms with van der Waals surface area (Å²) in [6.07, 6.45) is 1.60. The van der Waals surface area contributed by atoms with Gasteiger partial charge in [0.2, 0.25) is 0 Å². The zero-order valence-electron chi connectivity index (χ0n) is 16.3. The second-order valence-electron chi connectivity index (χ2n) is 6.37. The molecule has 0 aromatic heterocycles. The minimum Gasteiger partial charge on any atom is -0.503 e. The Labute approximate surface area is 195 Å². The predicted molar refractivity (Wildman–Crippen MR) is 124 cm³/mol. The lowest BCUT2D eigenvalue weighted by Crippen LogP contribution is -2.32. The standard InChI is InChI=1S/C21H19Br2NO5S/c1-3-28-15-10-13(17(22)18(23)19(15)25)11-16-20(26)24(21(27)30-16)8-9-29-14-6-4-12(2)5-7-14/h4-7,10-11,25H,3,8-9H2,1-2H3/b16-11-. The van der Waals surface area contributed by atoms with Crippen LogP contribution in [0.5, 0.6) is 17.2 Å². The van der Waals surface area contributed by atoms with Gasteiger partial charge in [0.25, 0.3) is 11.1 Å². The van der Waals surface area contributed by atoms with Gasteiger partial charge in [-0.1, -0.05) is 17.7 Å². The number of phenols is 1. The molecule has 0 bridgehead atoms. The molecule has 0 radical (unpaired) electrons. The van der Waals surface area contributed by atoms with Crippen LogP contribution in [-0.4, -0.2) is 40.9 Å². The van der Waals surface area contributed by atoms with Gasteiger partial charge >= 0.3 is 0 Å². The summed E-state index contributed by atoms with van der Waals surface area (Å²) in [6, 6.07) is 9.17. The number of nitrogens with zero attached hydrogens (tertiary/aromatic N) is 1. The number of imide groups is 1. The number of ether oxygens (including phenoxy) is 2. The van der Waals surface area contributed by atoms with E-state index in [0.717, 1.165) is 22.2 Å². The Morgan fingerprint density at radius 1 is 1.13 bits per heavy atom. The third kappa shape index (κ3) is 5.01. The van der Waals surface area contributed by atoms with Crippen molar-refractivity contribution in [3.8, 4) is 17.2 Å². The Morgan fingerprint density at radius 2 is 1.83 bits per heavy atom. The molecule has 30 heavy (non-hydrogen) atoms. The van der Waals surface area contributed by atoms with E-state index in [2.05, 4.69) is 31.9 Å². The molecule has 0 atom stereocenters. The number of benzene rings is 2. The van der Waals surface area contributed by atoms with Crippen LogP contribution in [-0.2, 0) is 4.79 Å². The van der Waals surface area contributed by atoms with Crippen molar-refractivity contribution < 1.29 is 24.2 Å². The van der Waals surface area contributed by atoms with Crippen LogP contribution in [0.15, 0.2) is 44.2 Å². The van der Waals surface area contributed by atoms with E-state index in [1.807, 2.05) is 31.2 Å². The SMILES string of the molecule is CCOc1cc(/C=C2\SC(=O)N(CCOc3ccc(C)cc3)C2=O)c(Br)c(Br)c1O. The zero-order valence-corrected chi connectivity index (χ0v) is 20.3. The van der Waals surface area contributed by atoms with Crippen LogP contribution in [0.25, 0.3) is 6.08 Å². The first-order valence-corrected chi connectivity index (χ1v) is 11.5. The lowest BCUT2D eigenvalue weighted by Gasteiger charge is -2.13. The van der Waals surface area contributed by atoms with Crippen molar-refractivity contribution in [2.24, 2.45) is 0 Å². The molecular weight excluding hydrogens is 538 g/mol. The number of aromatic hydroxyl groups is 1. The molecule has 1 aliphatic heterocycles. The van der Waals surface area contributed by atoms with Gasteiger partial charge in [0.15, 0.2) is 11.5 Å². The van der Waals surface area contributed by atoms with Crippen LogP contribution in [0.4, 0.5) is 4.79 Å². The first kappa shape index (κ1) is 22.7. The molecule has 6 nitrogen and oxygen atoms in total. The van der Waals surface area contributed by atoms with E-state index in [4.69, 9.17) is 9.47 Å². The Bertz CT molecular complexity index is 1010. The van der Waals surface area contributed by atoms with Gasteiger partial charge < -0.3 is 14.6 Å². The molecule has 2 amide bonds. The van der Waals surface area contributed by atoms with Crippen molar-refractivity contribution in [3.63, 3.8) is 0 Å². The normalized spacial score (nSPS) is 15.2.